The highest BCUT2D eigenvalue weighted by atomic mass is 35.5. The van der Waals surface area contributed by atoms with Gasteiger partial charge in [0, 0.05) is 58.5 Å². The minimum Gasteiger partial charge on any atom is -0.324 e. The highest BCUT2D eigenvalue weighted by Crippen LogP contribution is 2.35. The number of hydrogen-bond donors (Lipinski definition) is 3. The van der Waals surface area contributed by atoms with Crippen molar-refractivity contribution in [3.63, 3.8) is 0 Å². The average Bonchev–Trinajstić information content (AvgIpc) is 3.29. The van der Waals surface area contributed by atoms with Crippen LogP contribution in [0.4, 0.5) is 8.78 Å². The molecule has 0 bridgehead atoms. The van der Waals surface area contributed by atoms with Gasteiger partial charge in [0.05, 0.1) is 43.9 Å². The van der Waals surface area contributed by atoms with Crippen molar-refractivity contribution >= 4 is 54.1 Å². The van der Waals surface area contributed by atoms with E-state index >= 15 is 0 Å². The summed E-state index contributed by atoms with van der Waals surface area (Å²) >= 11 is 6.23. The molecule has 0 saturated carbocycles. The fourth-order valence-electron chi connectivity index (χ4n) is 7.19. The molecule has 0 aliphatic heterocycles. The van der Waals surface area contributed by atoms with E-state index in [9.17, 15) is 17.2 Å². The maximum atomic E-state index is 14.1. The quantitative estimate of drug-likeness (QED) is 0.140. The Morgan fingerprint density at radius 2 is 0.922 bits per heavy atom. The summed E-state index contributed by atoms with van der Waals surface area (Å²) in [5, 5.41) is 3.00. The molecule has 0 saturated heterocycles. The van der Waals surface area contributed by atoms with Crippen LogP contribution in [0.5, 0.6) is 0 Å². The summed E-state index contributed by atoms with van der Waals surface area (Å²) in [7, 11) is -3.46. The van der Waals surface area contributed by atoms with Gasteiger partial charge in [0.25, 0.3) is 0 Å². The molecule has 5 heterocycles. The van der Waals surface area contributed by atoms with Crippen molar-refractivity contribution in [2.75, 3.05) is 6.26 Å². The fourth-order valence-corrected chi connectivity index (χ4v) is 8.31. The molecule has 0 aliphatic rings. The Bertz CT molecular complexity index is 3100. The Balaban J connectivity index is 0.000000144. The molecule has 0 radical (unpaired) electrons. The SMILES string of the molecule is C[C@H](N)c1cc2cccc(Cl)c2nc1-c1ccccn1.C[C@H](N)c1cc2cccc(F)c2nc1-c1ccccc1S(C)(=O)=O.C[C@H](N)c1cc2cccc(F)c2nc1-c1ccccn1. The van der Waals surface area contributed by atoms with Crippen LogP contribution >= 0.6 is 11.6 Å². The van der Waals surface area contributed by atoms with Crippen molar-refractivity contribution in [1.29, 1.82) is 0 Å². The molecule has 0 fully saturated rings. The fraction of sp³-hybridized carbons (Fsp3) is 0.140. The molecule has 324 valence electrons. The Labute approximate surface area is 375 Å². The third-order valence-corrected chi connectivity index (χ3v) is 11.8. The minimum atomic E-state index is -3.46. The van der Waals surface area contributed by atoms with Gasteiger partial charge < -0.3 is 17.2 Å². The molecule has 0 aliphatic carbocycles. The van der Waals surface area contributed by atoms with Crippen LogP contribution in [-0.2, 0) is 9.84 Å². The Morgan fingerprint density at radius 3 is 1.38 bits per heavy atom. The van der Waals surface area contributed by atoms with Crippen molar-refractivity contribution < 1.29 is 17.2 Å². The van der Waals surface area contributed by atoms with E-state index in [1.54, 1.807) is 61.8 Å². The normalized spacial score (nSPS) is 12.8. The zero-order valence-corrected chi connectivity index (χ0v) is 37.0. The number of pyridine rings is 5. The molecule has 9 rings (SSSR count). The summed E-state index contributed by atoms with van der Waals surface area (Å²) in [4.78, 5) is 22.4. The zero-order valence-electron chi connectivity index (χ0n) is 35.4. The second kappa shape index (κ2) is 19.4. The lowest BCUT2D eigenvalue weighted by Crippen LogP contribution is -2.10. The molecule has 0 amide bonds. The van der Waals surface area contributed by atoms with E-state index < -0.39 is 15.7 Å². The third-order valence-electron chi connectivity index (χ3n) is 10.3. The van der Waals surface area contributed by atoms with Gasteiger partial charge in [0.1, 0.15) is 22.7 Å². The Kier molecular flexibility index (Phi) is 13.8. The van der Waals surface area contributed by atoms with Gasteiger partial charge in [0.15, 0.2) is 9.84 Å². The van der Waals surface area contributed by atoms with Crippen molar-refractivity contribution in [3.05, 3.63) is 179 Å². The standard InChI is InChI=1S/C18H17FN2O2S.C16H14ClN3.C16H14FN3/c1-11(20)14-10-12-6-5-8-15(19)17(12)21-18(14)13-7-3-4-9-16(13)24(2,22)23;2*1-10(18)12-9-11-5-4-6-13(17)15(11)20-16(12)14-7-2-3-8-19-14/h3-11H,20H2,1-2H3;2*2-10H,18H2,1H3/t11-;2*10-/m000/s1. The van der Waals surface area contributed by atoms with Gasteiger partial charge in [-0.05, 0) is 104 Å². The number of benzene rings is 4. The molecule has 0 unspecified atom stereocenters. The molecular weight excluding hydrogens is 850 g/mol. The predicted octanol–water partition coefficient (Wildman–Crippen LogP) is 10.9. The summed E-state index contributed by atoms with van der Waals surface area (Å²) in [5.41, 5.74) is 25.7. The summed E-state index contributed by atoms with van der Waals surface area (Å²) in [6, 6.07) is 38.2. The monoisotopic (exact) mass is 894 g/mol. The number of hydrogen-bond acceptors (Lipinski definition) is 10. The van der Waals surface area contributed by atoms with Crippen molar-refractivity contribution in [3.8, 4) is 34.0 Å². The highest BCUT2D eigenvalue weighted by molar-refractivity contribution is 7.90. The molecule has 6 N–H and O–H groups in total. The maximum Gasteiger partial charge on any atom is 0.176 e. The second-order valence-corrected chi connectivity index (χ2v) is 17.7. The zero-order chi connectivity index (χ0) is 45.7. The number of sulfone groups is 1. The first kappa shape index (κ1) is 45.4. The number of nitrogens with two attached hydrogens (primary N) is 3. The summed E-state index contributed by atoms with van der Waals surface area (Å²) in [5.74, 6) is -0.794. The second-order valence-electron chi connectivity index (χ2n) is 15.3. The van der Waals surface area contributed by atoms with E-state index in [2.05, 4.69) is 19.9 Å². The van der Waals surface area contributed by atoms with Crippen LogP contribution in [-0.4, -0.2) is 39.6 Å². The lowest BCUT2D eigenvalue weighted by Gasteiger charge is -2.16. The third kappa shape index (κ3) is 9.94. The van der Waals surface area contributed by atoms with E-state index in [1.807, 2.05) is 86.6 Å². The molecule has 14 heteroatoms. The number of nitrogens with zero attached hydrogens (tertiary/aromatic N) is 5. The van der Waals surface area contributed by atoms with Crippen LogP contribution in [0.15, 0.2) is 151 Å². The topological polar surface area (TPSA) is 177 Å². The summed E-state index contributed by atoms with van der Waals surface area (Å²) in [6.45, 7) is 5.61. The van der Waals surface area contributed by atoms with Crippen LogP contribution in [0, 0.1) is 11.6 Å². The van der Waals surface area contributed by atoms with Gasteiger partial charge in [0.2, 0.25) is 0 Å². The molecule has 0 spiro atoms. The molecular formula is C50H45ClF2N8O2S. The number of para-hydroxylation sites is 3. The smallest absolute Gasteiger partial charge is 0.176 e. The van der Waals surface area contributed by atoms with E-state index in [1.165, 1.54) is 18.2 Å². The van der Waals surface area contributed by atoms with E-state index in [-0.39, 0.29) is 34.4 Å². The maximum absolute atomic E-state index is 14.1. The first-order valence-electron chi connectivity index (χ1n) is 20.3. The van der Waals surface area contributed by atoms with Gasteiger partial charge in [-0.1, -0.05) is 78.3 Å². The van der Waals surface area contributed by atoms with Gasteiger partial charge in [-0.3, -0.25) is 9.97 Å². The van der Waals surface area contributed by atoms with Crippen LogP contribution in [0.2, 0.25) is 5.02 Å². The Hall–Kier alpha value is -6.61. The first-order chi connectivity index (χ1) is 30.6. The predicted molar refractivity (Wildman–Crippen MR) is 253 cm³/mol. The lowest BCUT2D eigenvalue weighted by molar-refractivity contribution is 0.602. The van der Waals surface area contributed by atoms with Gasteiger partial charge in [-0.2, -0.15) is 0 Å². The van der Waals surface area contributed by atoms with E-state index in [0.717, 1.165) is 45.1 Å². The van der Waals surface area contributed by atoms with Crippen LogP contribution in [0.25, 0.3) is 66.7 Å². The van der Waals surface area contributed by atoms with Gasteiger partial charge in [-0.15, -0.1) is 0 Å². The first-order valence-corrected chi connectivity index (χ1v) is 22.6. The molecule has 10 nitrogen and oxygen atoms in total. The average molecular weight is 895 g/mol. The van der Waals surface area contributed by atoms with Gasteiger partial charge in [-0.25, -0.2) is 32.2 Å². The minimum absolute atomic E-state index is 0.122. The number of rotatable bonds is 7. The van der Waals surface area contributed by atoms with Crippen LogP contribution in [0.3, 0.4) is 0 Å². The molecule has 4 aromatic carbocycles. The summed E-state index contributed by atoms with van der Waals surface area (Å²) in [6.07, 6.45) is 4.57. The molecule has 64 heavy (non-hydrogen) atoms. The number of halogens is 3. The van der Waals surface area contributed by atoms with Crippen molar-refractivity contribution in [2.24, 2.45) is 17.2 Å². The Morgan fingerprint density at radius 1 is 0.516 bits per heavy atom. The van der Waals surface area contributed by atoms with Gasteiger partial charge >= 0.3 is 0 Å². The van der Waals surface area contributed by atoms with E-state index in [0.29, 0.717) is 44.1 Å². The van der Waals surface area contributed by atoms with Crippen molar-refractivity contribution in [1.82, 2.24) is 24.9 Å². The number of aromatic nitrogens is 5. The molecule has 5 aromatic heterocycles. The lowest BCUT2D eigenvalue weighted by atomic mass is 9.99. The van der Waals surface area contributed by atoms with Crippen LogP contribution < -0.4 is 17.2 Å². The molecule has 3 atom stereocenters. The van der Waals surface area contributed by atoms with Crippen molar-refractivity contribution in [2.45, 2.75) is 43.8 Å². The van der Waals surface area contributed by atoms with Crippen LogP contribution in [0.1, 0.15) is 55.6 Å². The highest BCUT2D eigenvalue weighted by Gasteiger charge is 2.21. The van der Waals surface area contributed by atoms with E-state index in [4.69, 9.17) is 33.8 Å². The largest absolute Gasteiger partial charge is 0.324 e. The molecule has 9 aromatic rings. The summed E-state index contributed by atoms with van der Waals surface area (Å²) < 4.78 is 52.2. The number of fused-ring (bicyclic) bond motifs is 3.